The molecule has 0 radical (unpaired) electrons. The van der Waals surface area contributed by atoms with Crippen LogP contribution in [-0.4, -0.2) is 53.7 Å². The zero-order chi connectivity index (χ0) is 22.3. The lowest BCUT2D eigenvalue weighted by molar-refractivity contribution is 0.748. The van der Waals surface area contributed by atoms with Crippen molar-refractivity contribution in [2.45, 2.75) is 12.8 Å². The van der Waals surface area contributed by atoms with E-state index in [1.54, 1.807) is 11.3 Å². The summed E-state index contributed by atoms with van der Waals surface area (Å²) in [6, 6.07) is 16.5. The average molecular weight is 449 g/mol. The normalized spacial score (nSPS) is 12.0. The Bertz CT molecular complexity index is 1150. The molecule has 3 N–H and O–H groups in total. The molecule has 0 aliphatic carbocycles. The topological polar surface area (TPSA) is 90.9 Å². The van der Waals surface area contributed by atoms with Crippen LogP contribution in [0.2, 0.25) is 0 Å². The quantitative estimate of drug-likeness (QED) is 0.334. The smallest absolute Gasteiger partial charge is 0.233 e. The summed E-state index contributed by atoms with van der Waals surface area (Å²) in [7, 11) is 3.91. The van der Waals surface area contributed by atoms with E-state index in [9.17, 15) is 0 Å². The molecule has 0 spiro atoms. The minimum Gasteiger partial charge on any atom is -0.353 e. The highest BCUT2D eigenvalue weighted by atomic mass is 32.1. The van der Waals surface area contributed by atoms with E-state index in [4.69, 9.17) is 0 Å². The van der Waals surface area contributed by atoms with Crippen LogP contribution < -0.4 is 20.9 Å². The van der Waals surface area contributed by atoms with Gasteiger partial charge in [-0.2, -0.15) is 15.0 Å². The van der Waals surface area contributed by atoms with Crippen molar-refractivity contribution in [1.82, 2.24) is 25.3 Å². The van der Waals surface area contributed by atoms with Gasteiger partial charge in [-0.25, -0.2) is 4.98 Å². The molecule has 0 aliphatic rings. The Balaban J connectivity index is 1.55. The lowest BCUT2D eigenvalue weighted by atomic mass is 10.0. The van der Waals surface area contributed by atoms with Gasteiger partial charge >= 0.3 is 0 Å². The van der Waals surface area contributed by atoms with E-state index in [1.165, 1.54) is 5.56 Å². The highest BCUT2D eigenvalue weighted by molar-refractivity contribution is 7.16. The van der Waals surface area contributed by atoms with E-state index in [2.05, 4.69) is 73.1 Å². The number of aromatic nitrogens is 4. The Morgan fingerprint density at radius 1 is 1.03 bits per heavy atom. The van der Waals surface area contributed by atoms with Crippen molar-refractivity contribution in [3.8, 4) is 0 Å². The number of nitrogens with one attached hydrogen (secondary N) is 3. The number of thiazole rings is 1. The minimum atomic E-state index is 0.323. The SMILES string of the molecule is CNCCN(C)c1nc(NC[C@@H](C)c2ccccc2)nc(Nc2ccc3ncsc3c2)n1. The van der Waals surface area contributed by atoms with Crippen molar-refractivity contribution >= 4 is 45.1 Å². The predicted molar refractivity (Wildman–Crippen MR) is 133 cm³/mol. The number of hydrogen-bond donors (Lipinski definition) is 3. The lowest BCUT2D eigenvalue weighted by Gasteiger charge is -2.19. The summed E-state index contributed by atoms with van der Waals surface area (Å²) in [5.41, 5.74) is 5.03. The summed E-state index contributed by atoms with van der Waals surface area (Å²) in [5, 5.41) is 9.89. The summed E-state index contributed by atoms with van der Waals surface area (Å²) in [6.45, 7) is 4.53. The second-order valence-corrected chi connectivity index (χ2v) is 8.55. The molecule has 166 valence electrons. The van der Waals surface area contributed by atoms with Crippen LogP contribution in [0.3, 0.4) is 0 Å². The molecule has 32 heavy (non-hydrogen) atoms. The standard InChI is InChI=1S/C23H28N8S/c1-16(17-7-5-4-6-8-17)14-25-21-28-22(30-23(29-21)31(3)12-11-24-2)27-18-9-10-19-20(13-18)32-15-26-19/h4-10,13,15-16,24H,11-12,14H2,1-3H3,(H2,25,27,28,29,30)/t16-/m1/s1. The van der Waals surface area contributed by atoms with Crippen LogP contribution in [0.4, 0.5) is 23.5 Å². The van der Waals surface area contributed by atoms with Crippen molar-refractivity contribution in [3.05, 3.63) is 59.6 Å². The first-order chi connectivity index (χ1) is 15.6. The molecule has 0 unspecified atom stereocenters. The Labute approximate surface area is 192 Å². The molecule has 2 aromatic carbocycles. The Kier molecular flexibility index (Phi) is 7.08. The molecule has 0 saturated heterocycles. The van der Waals surface area contributed by atoms with Gasteiger partial charge in [0, 0.05) is 32.4 Å². The number of fused-ring (bicyclic) bond motifs is 1. The van der Waals surface area contributed by atoms with Crippen LogP contribution in [0.5, 0.6) is 0 Å². The third kappa shape index (κ3) is 5.49. The summed E-state index contributed by atoms with van der Waals surface area (Å²) >= 11 is 1.61. The van der Waals surface area contributed by atoms with Gasteiger partial charge in [0.15, 0.2) is 0 Å². The van der Waals surface area contributed by atoms with Gasteiger partial charge < -0.3 is 20.9 Å². The van der Waals surface area contributed by atoms with Crippen LogP contribution in [0.1, 0.15) is 18.4 Å². The maximum atomic E-state index is 4.65. The highest BCUT2D eigenvalue weighted by Gasteiger charge is 2.13. The van der Waals surface area contributed by atoms with Crippen molar-refractivity contribution in [2.24, 2.45) is 0 Å². The molecule has 9 heteroatoms. The van der Waals surface area contributed by atoms with Crippen molar-refractivity contribution in [1.29, 1.82) is 0 Å². The number of anilines is 4. The van der Waals surface area contributed by atoms with Gasteiger partial charge in [0.05, 0.1) is 15.7 Å². The number of likely N-dealkylation sites (N-methyl/N-ethyl adjacent to an activating group) is 2. The molecule has 8 nitrogen and oxygen atoms in total. The van der Waals surface area contributed by atoms with Gasteiger partial charge in [0.2, 0.25) is 17.8 Å². The molecular formula is C23H28N8S. The first-order valence-electron chi connectivity index (χ1n) is 10.6. The van der Waals surface area contributed by atoms with E-state index in [1.807, 2.05) is 42.7 Å². The second-order valence-electron chi connectivity index (χ2n) is 7.66. The predicted octanol–water partition coefficient (Wildman–Crippen LogP) is 4.10. The van der Waals surface area contributed by atoms with Crippen LogP contribution in [0, 0.1) is 0 Å². The molecule has 0 amide bonds. The Hall–Kier alpha value is -3.30. The zero-order valence-corrected chi connectivity index (χ0v) is 19.4. The van der Waals surface area contributed by atoms with Gasteiger partial charge in [-0.05, 0) is 36.7 Å². The molecule has 2 heterocycles. The zero-order valence-electron chi connectivity index (χ0n) is 18.5. The number of rotatable bonds is 10. The Morgan fingerprint density at radius 2 is 1.84 bits per heavy atom. The molecule has 4 rings (SSSR count). The molecule has 4 aromatic rings. The maximum Gasteiger partial charge on any atom is 0.233 e. The molecule has 1 atom stereocenters. The first kappa shape index (κ1) is 21.9. The average Bonchev–Trinajstić information content (AvgIpc) is 3.29. The van der Waals surface area contributed by atoms with Gasteiger partial charge in [0.1, 0.15) is 0 Å². The van der Waals surface area contributed by atoms with Crippen molar-refractivity contribution in [3.63, 3.8) is 0 Å². The third-order valence-electron chi connectivity index (χ3n) is 5.18. The number of hydrogen-bond acceptors (Lipinski definition) is 9. The van der Waals surface area contributed by atoms with Crippen LogP contribution in [0.25, 0.3) is 10.2 Å². The number of benzene rings is 2. The fraction of sp³-hybridized carbons (Fsp3) is 0.304. The largest absolute Gasteiger partial charge is 0.353 e. The maximum absolute atomic E-state index is 4.65. The number of nitrogens with zero attached hydrogens (tertiary/aromatic N) is 5. The summed E-state index contributed by atoms with van der Waals surface area (Å²) in [5.74, 6) is 2.00. The van der Waals surface area contributed by atoms with E-state index in [-0.39, 0.29) is 0 Å². The van der Waals surface area contributed by atoms with Gasteiger partial charge in [-0.3, -0.25) is 0 Å². The van der Waals surface area contributed by atoms with Crippen LogP contribution in [0.15, 0.2) is 54.0 Å². The van der Waals surface area contributed by atoms with Crippen LogP contribution in [-0.2, 0) is 0 Å². The van der Waals surface area contributed by atoms with Crippen molar-refractivity contribution in [2.75, 3.05) is 49.3 Å². The van der Waals surface area contributed by atoms with Gasteiger partial charge in [0.25, 0.3) is 0 Å². The van der Waals surface area contributed by atoms with E-state index in [0.29, 0.717) is 23.8 Å². The molecule has 0 fully saturated rings. The molecule has 0 bridgehead atoms. The summed E-state index contributed by atoms with van der Waals surface area (Å²) in [6.07, 6.45) is 0. The van der Waals surface area contributed by atoms with E-state index < -0.39 is 0 Å². The van der Waals surface area contributed by atoms with Crippen LogP contribution >= 0.6 is 11.3 Å². The van der Waals surface area contributed by atoms with Gasteiger partial charge in [-0.1, -0.05) is 37.3 Å². The van der Waals surface area contributed by atoms with Crippen molar-refractivity contribution < 1.29 is 0 Å². The molecule has 2 aromatic heterocycles. The molecule has 0 aliphatic heterocycles. The summed E-state index contributed by atoms with van der Waals surface area (Å²) < 4.78 is 1.12. The lowest BCUT2D eigenvalue weighted by Crippen LogP contribution is -2.29. The highest BCUT2D eigenvalue weighted by Crippen LogP contribution is 2.24. The fourth-order valence-electron chi connectivity index (χ4n) is 3.26. The van der Waals surface area contributed by atoms with Gasteiger partial charge in [-0.15, -0.1) is 11.3 Å². The minimum absolute atomic E-state index is 0.323. The fourth-order valence-corrected chi connectivity index (χ4v) is 3.97. The Morgan fingerprint density at radius 3 is 2.66 bits per heavy atom. The second kappa shape index (κ2) is 10.3. The molecule has 0 saturated carbocycles. The van der Waals surface area contributed by atoms with E-state index >= 15 is 0 Å². The monoisotopic (exact) mass is 448 g/mol. The first-order valence-corrected chi connectivity index (χ1v) is 11.5. The molecular weight excluding hydrogens is 420 g/mol. The van der Waals surface area contributed by atoms with E-state index in [0.717, 1.165) is 35.5 Å². The third-order valence-corrected chi connectivity index (χ3v) is 5.98. The summed E-state index contributed by atoms with van der Waals surface area (Å²) in [4.78, 5) is 20.3.